The van der Waals surface area contributed by atoms with Crippen molar-refractivity contribution in [1.29, 1.82) is 0 Å². The molecule has 0 aliphatic heterocycles. The Balaban J connectivity index is 3.37. The van der Waals surface area contributed by atoms with Gasteiger partial charge in [0.25, 0.3) is 0 Å². The first-order chi connectivity index (χ1) is 5.18. The minimum absolute atomic E-state index is 0.0166. The molecule has 1 unspecified atom stereocenters. The molecule has 0 aliphatic carbocycles. The van der Waals surface area contributed by atoms with Crippen LogP contribution in [0, 0.1) is 11.8 Å². The van der Waals surface area contributed by atoms with E-state index >= 15 is 0 Å². The summed E-state index contributed by atoms with van der Waals surface area (Å²) < 4.78 is 0. The Labute approximate surface area is 75.9 Å². The smallest absolute Gasteiger partial charge is 0.233 e. The van der Waals surface area contributed by atoms with Crippen LogP contribution in [-0.2, 0) is 4.79 Å². The maximum atomic E-state index is 10.9. The quantitative estimate of drug-likeness (QED) is 0.431. The molecule has 0 spiro atoms. The van der Waals surface area contributed by atoms with Gasteiger partial charge >= 0.3 is 0 Å². The number of alkyl halides is 1. The van der Waals surface area contributed by atoms with Crippen LogP contribution in [0.25, 0.3) is 0 Å². The van der Waals surface area contributed by atoms with Gasteiger partial charge in [-0.2, -0.15) is 0 Å². The van der Waals surface area contributed by atoms with Crippen LogP contribution in [0.15, 0.2) is 0 Å². The van der Waals surface area contributed by atoms with Gasteiger partial charge in [-0.1, -0.05) is 15.9 Å². The molecule has 1 atom stereocenters. The lowest BCUT2D eigenvalue weighted by Gasteiger charge is -2.02. The van der Waals surface area contributed by atoms with Crippen LogP contribution in [0.1, 0.15) is 20.3 Å². The predicted octanol–water partition coefficient (Wildman–Crippen LogP) is 1.30. The van der Waals surface area contributed by atoms with Crippen LogP contribution in [-0.4, -0.2) is 17.3 Å². The minimum atomic E-state index is -0.114. The normalized spacial score (nSPS) is 11.2. The Hall–Kier alpha value is -0.490. The zero-order valence-electron chi connectivity index (χ0n) is 6.78. The lowest BCUT2D eigenvalue weighted by molar-refractivity contribution is -0.120. The second-order valence-electron chi connectivity index (χ2n) is 2.08. The van der Waals surface area contributed by atoms with Crippen LogP contribution >= 0.6 is 15.9 Å². The second kappa shape index (κ2) is 6.23. The summed E-state index contributed by atoms with van der Waals surface area (Å²) in [6, 6.07) is 0. The number of hydrogen-bond donors (Lipinski definition) is 1. The average Bonchev–Trinajstić information content (AvgIpc) is 1.97. The van der Waals surface area contributed by atoms with Crippen LogP contribution in [0.2, 0.25) is 0 Å². The summed E-state index contributed by atoms with van der Waals surface area (Å²) in [5.74, 6) is 5.64. The highest BCUT2D eigenvalue weighted by Crippen LogP contribution is 1.95. The molecule has 3 heteroatoms. The SMILES string of the molecule is CC#CCCNC(=O)C(C)Br. The largest absolute Gasteiger partial charge is 0.354 e. The van der Waals surface area contributed by atoms with E-state index in [0.717, 1.165) is 6.42 Å². The van der Waals surface area contributed by atoms with Crippen molar-refractivity contribution in [1.82, 2.24) is 5.32 Å². The summed E-state index contributed by atoms with van der Waals surface area (Å²) in [4.78, 5) is 10.8. The Morgan fingerprint density at radius 3 is 2.82 bits per heavy atom. The number of carbonyl (C=O) groups excluding carboxylic acids is 1. The van der Waals surface area contributed by atoms with Crippen molar-refractivity contribution in [3.63, 3.8) is 0 Å². The number of halogens is 1. The third kappa shape index (κ3) is 5.93. The summed E-state index contributed by atoms with van der Waals surface area (Å²) in [7, 11) is 0. The molecule has 0 aromatic carbocycles. The first kappa shape index (κ1) is 10.5. The van der Waals surface area contributed by atoms with E-state index in [9.17, 15) is 4.79 Å². The van der Waals surface area contributed by atoms with E-state index in [4.69, 9.17) is 0 Å². The highest BCUT2D eigenvalue weighted by Gasteiger charge is 2.05. The lowest BCUT2D eigenvalue weighted by Crippen LogP contribution is -2.29. The van der Waals surface area contributed by atoms with Crippen molar-refractivity contribution in [2.75, 3.05) is 6.54 Å². The van der Waals surface area contributed by atoms with Gasteiger partial charge in [0.2, 0.25) is 5.91 Å². The maximum absolute atomic E-state index is 10.9. The van der Waals surface area contributed by atoms with Crippen LogP contribution in [0.4, 0.5) is 0 Å². The Bertz CT molecular complexity index is 178. The van der Waals surface area contributed by atoms with Crippen molar-refractivity contribution < 1.29 is 4.79 Å². The fraction of sp³-hybridized carbons (Fsp3) is 0.625. The molecule has 0 saturated carbocycles. The second-order valence-corrected chi connectivity index (χ2v) is 3.46. The molecule has 0 aliphatic rings. The molecule has 0 saturated heterocycles. The summed E-state index contributed by atoms with van der Waals surface area (Å²) >= 11 is 3.16. The Morgan fingerprint density at radius 2 is 2.36 bits per heavy atom. The molecule has 62 valence electrons. The van der Waals surface area contributed by atoms with Gasteiger partial charge in [-0.25, -0.2) is 0 Å². The van der Waals surface area contributed by atoms with Crippen molar-refractivity contribution in [3.05, 3.63) is 0 Å². The molecule has 0 rings (SSSR count). The van der Waals surface area contributed by atoms with Gasteiger partial charge in [0.05, 0.1) is 4.83 Å². The summed E-state index contributed by atoms with van der Waals surface area (Å²) in [6.45, 7) is 4.21. The van der Waals surface area contributed by atoms with Gasteiger partial charge in [0.15, 0.2) is 0 Å². The molecule has 2 nitrogen and oxygen atoms in total. The van der Waals surface area contributed by atoms with E-state index in [1.165, 1.54) is 0 Å². The highest BCUT2D eigenvalue weighted by molar-refractivity contribution is 9.10. The van der Waals surface area contributed by atoms with Gasteiger partial charge in [0.1, 0.15) is 0 Å². The molecule has 0 aromatic heterocycles. The fourth-order valence-corrected chi connectivity index (χ4v) is 0.676. The van der Waals surface area contributed by atoms with E-state index in [0.29, 0.717) is 6.54 Å². The van der Waals surface area contributed by atoms with Gasteiger partial charge < -0.3 is 5.32 Å². The maximum Gasteiger partial charge on any atom is 0.233 e. The highest BCUT2D eigenvalue weighted by atomic mass is 79.9. The van der Waals surface area contributed by atoms with Crippen molar-refractivity contribution >= 4 is 21.8 Å². The average molecular weight is 218 g/mol. The summed E-state index contributed by atoms with van der Waals surface area (Å²) in [6.07, 6.45) is 0.724. The lowest BCUT2D eigenvalue weighted by atomic mass is 10.4. The monoisotopic (exact) mass is 217 g/mol. The van der Waals surface area contributed by atoms with Crippen LogP contribution in [0.3, 0.4) is 0 Å². The predicted molar refractivity (Wildman–Crippen MR) is 49.5 cm³/mol. The van der Waals surface area contributed by atoms with Gasteiger partial charge in [0, 0.05) is 13.0 Å². The zero-order valence-corrected chi connectivity index (χ0v) is 8.36. The number of hydrogen-bond acceptors (Lipinski definition) is 1. The standard InChI is InChI=1S/C8H12BrNO/c1-3-4-5-6-10-8(11)7(2)9/h7H,5-6H2,1-2H3,(H,10,11). The molecule has 0 bridgehead atoms. The molecule has 0 heterocycles. The van der Waals surface area contributed by atoms with E-state index in [1.54, 1.807) is 13.8 Å². The first-order valence-corrected chi connectivity index (χ1v) is 4.41. The van der Waals surface area contributed by atoms with Gasteiger partial charge in [-0.15, -0.1) is 11.8 Å². The van der Waals surface area contributed by atoms with Gasteiger partial charge in [-0.05, 0) is 13.8 Å². The first-order valence-electron chi connectivity index (χ1n) is 3.50. The molecule has 0 fully saturated rings. The molecular weight excluding hydrogens is 206 g/mol. The minimum Gasteiger partial charge on any atom is -0.354 e. The third-order valence-corrected chi connectivity index (χ3v) is 1.50. The molecule has 1 N–H and O–H groups in total. The van der Waals surface area contributed by atoms with E-state index in [1.807, 2.05) is 0 Å². The number of nitrogens with one attached hydrogen (secondary N) is 1. The number of rotatable bonds is 3. The molecule has 1 amide bonds. The van der Waals surface area contributed by atoms with Crippen molar-refractivity contribution in [3.8, 4) is 11.8 Å². The molecule has 0 aromatic rings. The van der Waals surface area contributed by atoms with E-state index < -0.39 is 0 Å². The third-order valence-electron chi connectivity index (χ3n) is 1.09. The number of amides is 1. The van der Waals surface area contributed by atoms with Crippen LogP contribution < -0.4 is 5.32 Å². The molecule has 0 radical (unpaired) electrons. The van der Waals surface area contributed by atoms with E-state index in [2.05, 4.69) is 33.1 Å². The van der Waals surface area contributed by atoms with Crippen molar-refractivity contribution in [2.45, 2.75) is 25.1 Å². The van der Waals surface area contributed by atoms with Gasteiger partial charge in [-0.3, -0.25) is 4.79 Å². The summed E-state index contributed by atoms with van der Waals surface area (Å²) in [5.41, 5.74) is 0. The Morgan fingerprint density at radius 1 is 1.73 bits per heavy atom. The molecule has 11 heavy (non-hydrogen) atoms. The topological polar surface area (TPSA) is 29.1 Å². The van der Waals surface area contributed by atoms with E-state index in [-0.39, 0.29) is 10.7 Å². The summed E-state index contributed by atoms with van der Waals surface area (Å²) in [5, 5.41) is 2.73. The van der Waals surface area contributed by atoms with Crippen molar-refractivity contribution in [2.24, 2.45) is 0 Å². The Kier molecular flexibility index (Phi) is 5.96. The fourth-order valence-electron chi connectivity index (χ4n) is 0.514. The number of carbonyl (C=O) groups is 1. The van der Waals surface area contributed by atoms with Crippen LogP contribution in [0.5, 0.6) is 0 Å². The zero-order chi connectivity index (χ0) is 8.69. The molecular formula is C8H12BrNO.